The maximum atomic E-state index is 2.44. The van der Waals surface area contributed by atoms with Crippen molar-refractivity contribution >= 4 is 0 Å². The number of hydrogen-bond acceptors (Lipinski definition) is 0. The molecule has 0 aromatic carbocycles. The van der Waals surface area contributed by atoms with E-state index in [0.717, 1.165) is 5.92 Å². The van der Waals surface area contributed by atoms with Crippen molar-refractivity contribution in [2.45, 2.75) is 51.9 Å². The molecule has 0 saturated carbocycles. The Morgan fingerprint density at radius 2 is 2.25 bits per heavy atom. The molecule has 0 aromatic heterocycles. The zero-order chi connectivity index (χ0) is 8.65. The topological polar surface area (TPSA) is 0 Å². The minimum atomic E-state index is 0.852. The third-order valence-electron chi connectivity index (χ3n) is 2.61. The fourth-order valence-electron chi connectivity index (χ4n) is 1.81. The highest BCUT2D eigenvalue weighted by Gasteiger charge is 2.05. The van der Waals surface area contributed by atoms with Gasteiger partial charge in [0.15, 0.2) is 0 Å². The second-order valence-corrected chi connectivity index (χ2v) is 3.76. The van der Waals surface area contributed by atoms with Crippen LogP contribution in [-0.2, 0) is 0 Å². The Hall–Kier alpha value is -0.260. The van der Waals surface area contributed by atoms with Crippen molar-refractivity contribution in [2.75, 3.05) is 0 Å². The smallest absolute Gasteiger partial charge is 0.0231 e. The normalized spacial score (nSPS) is 27.6. The van der Waals surface area contributed by atoms with E-state index in [4.69, 9.17) is 0 Å². The highest BCUT2D eigenvalue weighted by Crippen LogP contribution is 2.20. The van der Waals surface area contributed by atoms with Gasteiger partial charge >= 0.3 is 0 Å². The summed E-state index contributed by atoms with van der Waals surface area (Å²) in [6, 6.07) is 0. The summed E-state index contributed by atoms with van der Waals surface area (Å²) in [6.07, 6.45) is 16.8. The molecule has 0 saturated heterocycles. The predicted molar refractivity (Wildman–Crippen MR) is 54.9 cm³/mol. The van der Waals surface area contributed by atoms with Gasteiger partial charge in [-0.2, -0.15) is 0 Å². The van der Waals surface area contributed by atoms with Crippen molar-refractivity contribution in [2.24, 2.45) is 5.92 Å². The molecule has 0 heteroatoms. The van der Waals surface area contributed by atoms with Crippen LogP contribution in [0.5, 0.6) is 0 Å². The molecule has 0 spiro atoms. The lowest BCUT2D eigenvalue weighted by Gasteiger charge is -2.13. The first-order valence-corrected chi connectivity index (χ1v) is 5.42. The monoisotopic (exact) mass is 165 g/mol. The van der Waals surface area contributed by atoms with Gasteiger partial charge in [0.05, 0.1) is 0 Å². The molecule has 0 heterocycles. The highest BCUT2D eigenvalue weighted by atomic mass is 14.1. The van der Waals surface area contributed by atoms with Crippen molar-refractivity contribution < 1.29 is 0 Å². The molecule has 1 unspecified atom stereocenters. The summed E-state index contributed by atoms with van der Waals surface area (Å²) in [4.78, 5) is 0. The Morgan fingerprint density at radius 1 is 1.33 bits per heavy atom. The van der Waals surface area contributed by atoms with E-state index in [1.165, 1.54) is 44.9 Å². The van der Waals surface area contributed by atoms with Crippen molar-refractivity contribution in [3.05, 3.63) is 18.6 Å². The molecular formula is C12H21. The van der Waals surface area contributed by atoms with Crippen LogP contribution in [0.3, 0.4) is 0 Å². The van der Waals surface area contributed by atoms with Gasteiger partial charge in [0.2, 0.25) is 0 Å². The van der Waals surface area contributed by atoms with Crippen LogP contribution in [-0.4, -0.2) is 0 Å². The molecule has 0 amide bonds. The van der Waals surface area contributed by atoms with Crippen LogP contribution in [0.4, 0.5) is 0 Å². The number of allylic oxidation sites excluding steroid dienone is 2. The maximum Gasteiger partial charge on any atom is -0.0231 e. The van der Waals surface area contributed by atoms with E-state index in [0.29, 0.717) is 0 Å². The van der Waals surface area contributed by atoms with Crippen molar-refractivity contribution in [1.82, 2.24) is 0 Å². The van der Waals surface area contributed by atoms with E-state index in [-0.39, 0.29) is 0 Å². The quantitative estimate of drug-likeness (QED) is 0.552. The van der Waals surface area contributed by atoms with Crippen molar-refractivity contribution in [1.29, 1.82) is 0 Å². The summed E-state index contributed by atoms with van der Waals surface area (Å²) in [5, 5.41) is 0. The van der Waals surface area contributed by atoms with Crippen molar-refractivity contribution in [3.8, 4) is 0 Å². The zero-order valence-electron chi connectivity index (χ0n) is 8.26. The molecule has 1 radical (unpaired) electrons. The molecule has 69 valence electrons. The molecule has 1 aliphatic carbocycles. The van der Waals surface area contributed by atoms with Gasteiger partial charge in [-0.15, -0.1) is 0 Å². The van der Waals surface area contributed by atoms with Crippen LogP contribution < -0.4 is 0 Å². The van der Waals surface area contributed by atoms with Gasteiger partial charge in [0, 0.05) is 0 Å². The molecule has 12 heavy (non-hydrogen) atoms. The minimum absolute atomic E-state index is 0.852. The Kier molecular flexibility index (Phi) is 5.14. The lowest BCUT2D eigenvalue weighted by atomic mass is 9.92. The second-order valence-electron chi connectivity index (χ2n) is 3.76. The van der Waals surface area contributed by atoms with Gasteiger partial charge in [-0.05, 0) is 38.0 Å². The summed E-state index contributed by atoms with van der Waals surface area (Å²) in [6.45, 7) is 2.23. The number of unbranched alkanes of at least 4 members (excludes halogenated alkanes) is 1. The Balaban J connectivity index is 2.23. The van der Waals surface area contributed by atoms with E-state index in [1.807, 2.05) is 0 Å². The van der Waals surface area contributed by atoms with E-state index in [2.05, 4.69) is 25.5 Å². The van der Waals surface area contributed by atoms with Crippen LogP contribution in [0.2, 0.25) is 0 Å². The van der Waals surface area contributed by atoms with Gasteiger partial charge < -0.3 is 0 Å². The molecule has 0 N–H and O–H groups in total. The molecule has 1 rings (SSSR count). The SMILES string of the molecule is CC[CH]CC1/C=C\CCCCC1. The second kappa shape index (κ2) is 6.28. The first-order chi connectivity index (χ1) is 5.93. The Bertz CT molecular complexity index is 124. The van der Waals surface area contributed by atoms with Gasteiger partial charge in [-0.1, -0.05) is 38.3 Å². The molecule has 0 aromatic rings. The number of rotatable bonds is 3. The van der Waals surface area contributed by atoms with Crippen LogP contribution in [0.25, 0.3) is 0 Å². The van der Waals surface area contributed by atoms with Gasteiger partial charge in [0.1, 0.15) is 0 Å². The van der Waals surface area contributed by atoms with Crippen molar-refractivity contribution in [3.63, 3.8) is 0 Å². The molecule has 0 bridgehead atoms. The van der Waals surface area contributed by atoms with E-state index in [9.17, 15) is 0 Å². The first kappa shape index (κ1) is 9.83. The van der Waals surface area contributed by atoms with E-state index < -0.39 is 0 Å². The molecule has 1 aliphatic rings. The minimum Gasteiger partial charge on any atom is -0.0883 e. The Labute approximate surface area is 77.1 Å². The van der Waals surface area contributed by atoms with Crippen LogP contribution >= 0.6 is 0 Å². The predicted octanol–water partition coefficient (Wildman–Crippen LogP) is 4.13. The molecule has 0 fully saturated rings. The Morgan fingerprint density at radius 3 is 3.08 bits per heavy atom. The summed E-state index contributed by atoms with van der Waals surface area (Å²) in [5.41, 5.74) is 0. The summed E-state index contributed by atoms with van der Waals surface area (Å²) >= 11 is 0. The molecule has 0 nitrogen and oxygen atoms in total. The van der Waals surface area contributed by atoms with Crippen LogP contribution in [0, 0.1) is 12.3 Å². The van der Waals surface area contributed by atoms with Crippen LogP contribution in [0.15, 0.2) is 12.2 Å². The standard InChI is InChI=1S/C12H21/c1-2-3-9-12-10-7-5-4-6-8-11-12/h3,7,10,12H,2,4-6,8-9,11H2,1H3/b10-7-. The lowest BCUT2D eigenvalue weighted by Crippen LogP contribution is -1.99. The molecular weight excluding hydrogens is 144 g/mol. The van der Waals surface area contributed by atoms with Gasteiger partial charge in [-0.3, -0.25) is 0 Å². The average Bonchev–Trinajstić information content (AvgIpc) is 2.02. The maximum absolute atomic E-state index is 2.44. The van der Waals surface area contributed by atoms with E-state index in [1.54, 1.807) is 0 Å². The summed E-state index contributed by atoms with van der Waals surface area (Å²) < 4.78 is 0. The third-order valence-corrected chi connectivity index (χ3v) is 2.61. The molecule has 1 atom stereocenters. The van der Waals surface area contributed by atoms with Crippen LogP contribution in [0.1, 0.15) is 51.9 Å². The third kappa shape index (κ3) is 3.94. The summed E-state index contributed by atoms with van der Waals surface area (Å²) in [7, 11) is 0. The zero-order valence-corrected chi connectivity index (χ0v) is 8.26. The van der Waals surface area contributed by atoms with Gasteiger partial charge in [0.25, 0.3) is 0 Å². The van der Waals surface area contributed by atoms with E-state index >= 15 is 0 Å². The number of hydrogen-bond donors (Lipinski definition) is 0. The fourth-order valence-corrected chi connectivity index (χ4v) is 1.81. The lowest BCUT2D eigenvalue weighted by molar-refractivity contribution is 0.511. The summed E-state index contributed by atoms with van der Waals surface area (Å²) in [5.74, 6) is 0.852. The fraction of sp³-hybridized carbons (Fsp3) is 0.750. The highest BCUT2D eigenvalue weighted by molar-refractivity contribution is 4.91. The molecule has 0 aliphatic heterocycles. The van der Waals surface area contributed by atoms with Gasteiger partial charge in [-0.25, -0.2) is 0 Å². The average molecular weight is 165 g/mol. The largest absolute Gasteiger partial charge is 0.0883 e. The first-order valence-electron chi connectivity index (χ1n) is 5.42.